The predicted molar refractivity (Wildman–Crippen MR) is 88.0 cm³/mol. The van der Waals surface area contributed by atoms with Gasteiger partial charge >= 0.3 is 5.88 Å². The van der Waals surface area contributed by atoms with Crippen molar-refractivity contribution in [1.82, 2.24) is 5.32 Å². The van der Waals surface area contributed by atoms with Crippen LogP contribution in [0.3, 0.4) is 0 Å². The van der Waals surface area contributed by atoms with Gasteiger partial charge in [0.25, 0.3) is 11.8 Å². The fourth-order valence-corrected chi connectivity index (χ4v) is 2.45. The summed E-state index contributed by atoms with van der Waals surface area (Å²) in [5.41, 5.74) is -0.228. The SMILES string of the molecule is O=C1NC(=S)N(c2cccc(F)c2)C(=O)/C1=C/c1ccc([N+](=O)[O-])o1. The van der Waals surface area contributed by atoms with Gasteiger partial charge in [-0.3, -0.25) is 29.9 Å². The molecule has 0 saturated carbocycles. The molecular weight excluding hydrogens is 353 g/mol. The number of thiocarbonyl (C=S) groups is 1. The number of amides is 2. The minimum absolute atomic E-state index is 0.0581. The lowest BCUT2D eigenvalue weighted by Gasteiger charge is -2.28. The second-order valence-electron chi connectivity index (χ2n) is 4.87. The van der Waals surface area contributed by atoms with Crippen LogP contribution in [0.15, 0.2) is 46.4 Å². The van der Waals surface area contributed by atoms with E-state index in [0.29, 0.717) is 0 Å². The van der Waals surface area contributed by atoms with Crippen LogP contribution in [0.5, 0.6) is 0 Å². The number of hydrogen-bond donors (Lipinski definition) is 1. The third kappa shape index (κ3) is 3.15. The van der Waals surface area contributed by atoms with Gasteiger partial charge in [-0.05, 0) is 42.6 Å². The lowest BCUT2D eigenvalue weighted by Crippen LogP contribution is -2.54. The highest BCUT2D eigenvalue weighted by molar-refractivity contribution is 7.80. The highest BCUT2D eigenvalue weighted by Crippen LogP contribution is 2.24. The van der Waals surface area contributed by atoms with Gasteiger partial charge in [0.2, 0.25) is 0 Å². The van der Waals surface area contributed by atoms with Gasteiger partial charge in [0.15, 0.2) is 5.11 Å². The van der Waals surface area contributed by atoms with Gasteiger partial charge in [-0.2, -0.15) is 0 Å². The van der Waals surface area contributed by atoms with Crippen molar-refractivity contribution in [2.45, 2.75) is 0 Å². The molecule has 0 radical (unpaired) electrons. The Morgan fingerprint density at radius 1 is 1.28 bits per heavy atom. The quantitative estimate of drug-likeness (QED) is 0.295. The van der Waals surface area contributed by atoms with E-state index in [1.165, 1.54) is 24.3 Å². The first-order valence-corrected chi connectivity index (χ1v) is 7.19. The van der Waals surface area contributed by atoms with Crippen molar-refractivity contribution >= 4 is 46.8 Å². The van der Waals surface area contributed by atoms with Crippen molar-refractivity contribution in [3.05, 3.63) is 63.7 Å². The standard InChI is InChI=1S/C15H8FN3O5S/c16-8-2-1-3-9(6-8)18-14(21)11(13(20)17-15(18)25)7-10-4-5-12(24-10)19(22)23/h1-7H,(H,17,20,25)/b11-7+. The summed E-state index contributed by atoms with van der Waals surface area (Å²) in [6, 6.07) is 7.43. The largest absolute Gasteiger partial charge is 0.433 e. The summed E-state index contributed by atoms with van der Waals surface area (Å²) in [5.74, 6) is -2.78. The monoisotopic (exact) mass is 361 g/mol. The molecule has 2 aromatic rings. The van der Waals surface area contributed by atoms with Crippen molar-refractivity contribution in [3.8, 4) is 0 Å². The number of carbonyl (C=O) groups is 2. The Labute approximate surface area is 144 Å². The number of furan rings is 1. The molecule has 1 N–H and O–H groups in total. The molecular formula is C15H8FN3O5S. The number of halogens is 1. The Balaban J connectivity index is 2.00. The molecule has 2 heterocycles. The maximum atomic E-state index is 13.4. The Bertz CT molecular complexity index is 952. The molecule has 0 bridgehead atoms. The van der Waals surface area contributed by atoms with Gasteiger partial charge in [0.1, 0.15) is 22.1 Å². The van der Waals surface area contributed by atoms with Gasteiger partial charge in [-0.1, -0.05) is 6.07 Å². The molecule has 1 fully saturated rings. The number of anilines is 1. The van der Waals surface area contributed by atoms with Gasteiger partial charge in [0, 0.05) is 0 Å². The molecule has 8 nitrogen and oxygen atoms in total. The van der Waals surface area contributed by atoms with Crippen molar-refractivity contribution in [3.63, 3.8) is 0 Å². The summed E-state index contributed by atoms with van der Waals surface area (Å²) in [4.78, 5) is 35.5. The number of hydrogen-bond acceptors (Lipinski definition) is 6. The molecule has 1 aliphatic rings. The maximum absolute atomic E-state index is 13.4. The van der Waals surface area contributed by atoms with Crippen LogP contribution < -0.4 is 10.2 Å². The molecule has 10 heteroatoms. The van der Waals surface area contributed by atoms with E-state index in [2.05, 4.69) is 5.32 Å². The summed E-state index contributed by atoms with van der Waals surface area (Å²) in [6.07, 6.45) is 1.05. The molecule has 0 atom stereocenters. The van der Waals surface area contributed by atoms with Crippen LogP contribution in [0, 0.1) is 15.9 Å². The molecule has 0 aliphatic carbocycles. The van der Waals surface area contributed by atoms with Crippen LogP contribution in [0.1, 0.15) is 5.76 Å². The molecule has 0 spiro atoms. The van der Waals surface area contributed by atoms with E-state index in [4.69, 9.17) is 16.6 Å². The van der Waals surface area contributed by atoms with E-state index in [9.17, 15) is 24.1 Å². The van der Waals surface area contributed by atoms with Crippen LogP contribution in [0.2, 0.25) is 0 Å². The molecule has 1 aromatic heterocycles. The van der Waals surface area contributed by atoms with Gasteiger partial charge in [-0.15, -0.1) is 0 Å². The fourth-order valence-electron chi connectivity index (χ4n) is 2.17. The number of benzene rings is 1. The zero-order valence-corrected chi connectivity index (χ0v) is 13.1. The van der Waals surface area contributed by atoms with E-state index in [1.54, 1.807) is 0 Å². The smallest absolute Gasteiger partial charge is 0.401 e. The zero-order chi connectivity index (χ0) is 18.1. The summed E-state index contributed by atoms with van der Waals surface area (Å²) < 4.78 is 18.3. The lowest BCUT2D eigenvalue weighted by molar-refractivity contribution is -0.402. The van der Waals surface area contributed by atoms with Crippen LogP contribution in [0.4, 0.5) is 16.0 Å². The van der Waals surface area contributed by atoms with Crippen LogP contribution in [-0.4, -0.2) is 21.9 Å². The minimum Gasteiger partial charge on any atom is -0.401 e. The molecule has 1 aliphatic heterocycles. The summed E-state index contributed by atoms with van der Waals surface area (Å²) in [7, 11) is 0. The first-order valence-electron chi connectivity index (χ1n) is 6.78. The van der Waals surface area contributed by atoms with Crippen molar-refractivity contribution in [1.29, 1.82) is 0 Å². The number of carbonyl (C=O) groups excluding carboxylic acids is 2. The lowest BCUT2D eigenvalue weighted by atomic mass is 10.1. The van der Waals surface area contributed by atoms with E-state index in [0.717, 1.165) is 23.1 Å². The van der Waals surface area contributed by atoms with Crippen LogP contribution in [-0.2, 0) is 9.59 Å². The first kappa shape index (κ1) is 16.5. The molecule has 1 aromatic carbocycles. The molecule has 25 heavy (non-hydrogen) atoms. The zero-order valence-electron chi connectivity index (χ0n) is 12.3. The van der Waals surface area contributed by atoms with Crippen LogP contribution >= 0.6 is 12.2 Å². The number of nitrogens with zero attached hydrogens (tertiary/aromatic N) is 2. The van der Waals surface area contributed by atoms with Gasteiger partial charge < -0.3 is 4.42 Å². The van der Waals surface area contributed by atoms with Gasteiger partial charge in [0.05, 0.1) is 11.8 Å². The van der Waals surface area contributed by atoms with E-state index in [1.807, 2.05) is 0 Å². The van der Waals surface area contributed by atoms with E-state index < -0.39 is 28.4 Å². The van der Waals surface area contributed by atoms with Gasteiger partial charge in [-0.25, -0.2) is 4.39 Å². The summed E-state index contributed by atoms with van der Waals surface area (Å²) in [5, 5.41) is 12.7. The fraction of sp³-hybridized carbons (Fsp3) is 0. The predicted octanol–water partition coefficient (Wildman–Crippen LogP) is 2.16. The number of nitrogens with one attached hydrogen (secondary N) is 1. The Hall–Kier alpha value is -3.40. The normalized spacial score (nSPS) is 16.3. The van der Waals surface area contributed by atoms with E-state index >= 15 is 0 Å². The average molecular weight is 361 g/mol. The number of rotatable bonds is 3. The highest BCUT2D eigenvalue weighted by atomic mass is 32.1. The number of nitro groups is 1. The average Bonchev–Trinajstić information content (AvgIpc) is 3.00. The van der Waals surface area contributed by atoms with Crippen molar-refractivity contribution < 1.29 is 23.3 Å². The Kier molecular flexibility index (Phi) is 4.11. The van der Waals surface area contributed by atoms with Crippen molar-refractivity contribution in [2.75, 3.05) is 4.90 Å². The molecule has 0 unspecified atom stereocenters. The van der Waals surface area contributed by atoms with Crippen molar-refractivity contribution in [2.24, 2.45) is 0 Å². The third-order valence-electron chi connectivity index (χ3n) is 3.25. The Morgan fingerprint density at radius 3 is 2.68 bits per heavy atom. The molecule has 1 saturated heterocycles. The molecule has 3 rings (SSSR count). The minimum atomic E-state index is -0.807. The van der Waals surface area contributed by atoms with Crippen LogP contribution in [0.25, 0.3) is 6.08 Å². The Morgan fingerprint density at radius 2 is 2.04 bits per heavy atom. The first-order chi connectivity index (χ1) is 11.9. The molecule has 2 amide bonds. The third-order valence-corrected chi connectivity index (χ3v) is 3.53. The summed E-state index contributed by atoms with van der Waals surface area (Å²) >= 11 is 4.97. The second-order valence-corrected chi connectivity index (χ2v) is 5.26. The highest BCUT2D eigenvalue weighted by Gasteiger charge is 2.35. The summed E-state index contributed by atoms with van der Waals surface area (Å²) in [6.45, 7) is 0. The molecule has 126 valence electrons. The topological polar surface area (TPSA) is 106 Å². The maximum Gasteiger partial charge on any atom is 0.433 e. The van der Waals surface area contributed by atoms with E-state index in [-0.39, 0.29) is 22.1 Å². The second kappa shape index (κ2) is 6.24.